The van der Waals surface area contributed by atoms with E-state index in [4.69, 9.17) is 9.05 Å². The van der Waals surface area contributed by atoms with Crippen LogP contribution >= 0.6 is 7.82 Å². The third-order valence-corrected chi connectivity index (χ3v) is 12.2. The van der Waals surface area contributed by atoms with Crippen LogP contribution in [0.25, 0.3) is 0 Å². The molecule has 0 rings (SSSR count). The molecule has 0 aromatic heterocycles. The van der Waals surface area contributed by atoms with Crippen molar-refractivity contribution in [2.45, 2.75) is 219 Å². The molecule has 0 aromatic rings. The van der Waals surface area contributed by atoms with Crippen LogP contribution in [0.15, 0.2) is 97.2 Å². The largest absolute Gasteiger partial charge is 0.472 e. The van der Waals surface area contributed by atoms with Crippen LogP contribution in [0.2, 0.25) is 0 Å². The van der Waals surface area contributed by atoms with Crippen LogP contribution in [0.4, 0.5) is 0 Å². The highest BCUT2D eigenvalue weighted by molar-refractivity contribution is 7.47. The molecule has 0 aliphatic heterocycles. The fraction of sp³-hybridized carbons (Fsp3) is 0.702. The fourth-order valence-corrected chi connectivity index (χ4v) is 7.83. The molecule has 8 nitrogen and oxygen atoms in total. The Labute approximate surface area is 407 Å². The molecule has 1 amide bonds. The predicted molar refractivity (Wildman–Crippen MR) is 286 cm³/mol. The Morgan fingerprint density at radius 3 is 1.39 bits per heavy atom. The number of nitrogens with zero attached hydrogens (tertiary/aromatic N) is 1. The number of likely N-dealkylation sites (N-methyl/N-ethyl adjacent to an activating group) is 1. The molecule has 0 aliphatic rings. The molecule has 0 fully saturated rings. The number of phosphoric acid groups is 1. The van der Waals surface area contributed by atoms with Crippen molar-refractivity contribution < 1.29 is 32.9 Å². The number of hydrogen-bond acceptors (Lipinski definition) is 5. The molecule has 0 radical (unpaired) electrons. The molecule has 0 heterocycles. The Hall–Kier alpha value is -2.58. The van der Waals surface area contributed by atoms with E-state index in [1.54, 1.807) is 6.08 Å². The number of aliphatic hydroxyl groups excluding tert-OH is 1. The minimum atomic E-state index is -4.36. The SMILES string of the molecule is CC/C=C\C/C=C\C/C=C\C/C=C\C/C=C\CCCCCCCCCCCCCCCCCC(=O)NC(COP(=O)(O)OCC[N+](C)(C)C)C(O)/C=C/CC/C=C/CC/C=C/CCCCC. The monoisotopic (exact) mass is 942 g/mol. The van der Waals surface area contributed by atoms with Gasteiger partial charge in [0.1, 0.15) is 13.2 Å². The van der Waals surface area contributed by atoms with Crippen LogP contribution in [0.1, 0.15) is 206 Å². The Balaban J connectivity index is 4.15. The van der Waals surface area contributed by atoms with Crippen molar-refractivity contribution in [1.29, 1.82) is 0 Å². The molecule has 0 aliphatic carbocycles. The lowest BCUT2D eigenvalue weighted by molar-refractivity contribution is -0.870. The van der Waals surface area contributed by atoms with Crippen molar-refractivity contribution in [1.82, 2.24) is 5.32 Å². The second kappa shape index (κ2) is 47.5. The Morgan fingerprint density at radius 1 is 0.530 bits per heavy atom. The summed E-state index contributed by atoms with van der Waals surface area (Å²) in [5, 5.41) is 13.8. The lowest BCUT2D eigenvalue weighted by atomic mass is 10.0. The number of carbonyl (C=O) groups is 1. The first-order valence-electron chi connectivity index (χ1n) is 26.6. The van der Waals surface area contributed by atoms with Crippen LogP contribution in [0, 0.1) is 0 Å². The smallest absolute Gasteiger partial charge is 0.387 e. The molecule has 66 heavy (non-hydrogen) atoms. The molecule has 0 aromatic carbocycles. The summed E-state index contributed by atoms with van der Waals surface area (Å²) in [7, 11) is 1.54. The highest BCUT2D eigenvalue weighted by Crippen LogP contribution is 2.43. The van der Waals surface area contributed by atoms with E-state index in [1.165, 1.54) is 103 Å². The molecular weight excluding hydrogens is 840 g/mol. The van der Waals surface area contributed by atoms with Gasteiger partial charge in [0.05, 0.1) is 39.9 Å². The molecule has 0 saturated heterocycles. The number of hydrogen-bond donors (Lipinski definition) is 3. The summed E-state index contributed by atoms with van der Waals surface area (Å²) < 4.78 is 23.6. The van der Waals surface area contributed by atoms with E-state index in [0.29, 0.717) is 17.4 Å². The maximum Gasteiger partial charge on any atom is 0.472 e. The van der Waals surface area contributed by atoms with Crippen molar-refractivity contribution in [3.05, 3.63) is 97.2 Å². The molecule has 0 bridgehead atoms. The summed E-state index contributed by atoms with van der Waals surface area (Å²) >= 11 is 0. The Kier molecular flexibility index (Phi) is 45.6. The predicted octanol–water partition coefficient (Wildman–Crippen LogP) is 15.9. The summed E-state index contributed by atoms with van der Waals surface area (Å²) in [6.45, 7) is 4.63. The first-order valence-corrected chi connectivity index (χ1v) is 28.1. The van der Waals surface area contributed by atoms with E-state index >= 15 is 0 Å². The van der Waals surface area contributed by atoms with Gasteiger partial charge in [0.25, 0.3) is 0 Å². The number of phosphoric ester groups is 1. The number of unbranched alkanes of at least 4 members (excludes halogenated alkanes) is 20. The fourth-order valence-electron chi connectivity index (χ4n) is 7.10. The quantitative estimate of drug-likeness (QED) is 0.0243. The third kappa shape index (κ3) is 49.3. The van der Waals surface area contributed by atoms with Gasteiger partial charge < -0.3 is 19.8 Å². The summed E-state index contributed by atoms with van der Waals surface area (Å²) in [4.78, 5) is 23.2. The minimum Gasteiger partial charge on any atom is -0.387 e. The molecule has 0 spiro atoms. The summed E-state index contributed by atoms with van der Waals surface area (Å²) in [5.41, 5.74) is 0. The molecule has 3 atom stereocenters. The maximum atomic E-state index is 12.9. The summed E-state index contributed by atoms with van der Waals surface area (Å²) in [5.74, 6) is -0.196. The third-order valence-electron chi connectivity index (χ3n) is 11.3. The second-order valence-corrected chi connectivity index (χ2v) is 20.3. The standard InChI is InChI=1S/C57H101N2O6P/c1-6-8-10-12-14-16-18-20-21-22-23-24-25-26-27-28-29-30-31-32-33-34-35-36-37-39-41-43-45-47-49-51-57(61)58-55(54-65-66(62,63)64-53-52-59(3,4)5)56(60)50-48-46-44-42-40-38-19-17-15-13-11-9-7-2/h8,10,14-17,20-21,23-24,26-27,40,42,48,50,55-56,60H,6-7,9,11-13,18-19,22,25,28-39,41,43-47,49,51-54H2,1-5H3,(H-,58,61,62,63)/p+1/b10-8-,16-14-,17-15+,21-20-,24-23-,27-26-,42-40+,50-48+. The van der Waals surface area contributed by atoms with Crippen molar-refractivity contribution >= 4 is 13.7 Å². The van der Waals surface area contributed by atoms with Crippen molar-refractivity contribution in [3.8, 4) is 0 Å². The van der Waals surface area contributed by atoms with Crippen molar-refractivity contribution in [2.24, 2.45) is 0 Å². The van der Waals surface area contributed by atoms with E-state index in [9.17, 15) is 19.4 Å². The number of amides is 1. The Morgan fingerprint density at radius 2 is 0.924 bits per heavy atom. The van der Waals surface area contributed by atoms with Crippen molar-refractivity contribution in [2.75, 3.05) is 40.9 Å². The van der Waals surface area contributed by atoms with Crippen LogP contribution in [0.3, 0.4) is 0 Å². The summed E-state index contributed by atoms with van der Waals surface area (Å²) in [6, 6.07) is -0.874. The molecule has 3 unspecified atom stereocenters. The van der Waals surface area contributed by atoms with Gasteiger partial charge in [-0.3, -0.25) is 13.8 Å². The van der Waals surface area contributed by atoms with Crippen LogP contribution in [-0.2, 0) is 18.4 Å². The number of aliphatic hydroxyl groups is 1. The lowest BCUT2D eigenvalue weighted by Crippen LogP contribution is -2.45. The van der Waals surface area contributed by atoms with E-state index in [0.717, 1.165) is 83.5 Å². The number of carbonyl (C=O) groups excluding carboxylic acids is 1. The average molecular weight is 942 g/mol. The van der Waals surface area contributed by atoms with E-state index in [2.05, 4.69) is 104 Å². The zero-order chi connectivity index (χ0) is 48.5. The molecule has 0 saturated carbocycles. The number of nitrogens with one attached hydrogen (secondary N) is 1. The van der Waals surface area contributed by atoms with Gasteiger partial charge in [0.15, 0.2) is 0 Å². The van der Waals surface area contributed by atoms with Gasteiger partial charge >= 0.3 is 7.82 Å². The van der Waals surface area contributed by atoms with Crippen LogP contribution < -0.4 is 5.32 Å². The van der Waals surface area contributed by atoms with Crippen LogP contribution in [-0.4, -0.2) is 73.4 Å². The van der Waals surface area contributed by atoms with Gasteiger partial charge in [-0.05, 0) is 89.9 Å². The molecule has 3 N–H and O–H groups in total. The number of allylic oxidation sites excluding steroid dienone is 15. The molecule has 9 heteroatoms. The zero-order valence-electron chi connectivity index (χ0n) is 43.1. The van der Waals surface area contributed by atoms with Crippen molar-refractivity contribution in [3.63, 3.8) is 0 Å². The maximum absolute atomic E-state index is 12.9. The normalized spacial score (nSPS) is 14.8. The zero-order valence-corrected chi connectivity index (χ0v) is 44.0. The number of quaternary nitrogens is 1. The van der Waals surface area contributed by atoms with E-state index in [1.807, 2.05) is 27.2 Å². The molecule has 380 valence electrons. The van der Waals surface area contributed by atoms with E-state index < -0.39 is 20.0 Å². The first-order chi connectivity index (χ1) is 32.0. The first kappa shape index (κ1) is 63.4. The minimum absolute atomic E-state index is 0.0498. The number of rotatable bonds is 47. The lowest BCUT2D eigenvalue weighted by Gasteiger charge is -2.25. The Bertz CT molecular complexity index is 1390. The van der Waals surface area contributed by atoms with Gasteiger partial charge in [-0.25, -0.2) is 4.57 Å². The van der Waals surface area contributed by atoms with E-state index in [-0.39, 0.29) is 19.1 Å². The highest BCUT2D eigenvalue weighted by Gasteiger charge is 2.27. The van der Waals surface area contributed by atoms with Gasteiger partial charge in [0.2, 0.25) is 5.91 Å². The highest BCUT2D eigenvalue weighted by atomic mass is 31.2. The van der Waals surface area contributed by atoms with Crippen LogP contribution in [0.5, 0.6) is 0 Å². The van der Waals surface area contributed by atoms with Gasteiger partial charge in [-0.15, -0.1) is 0 Å². The van der Waals surface area contributed by atoms with Gasteiger partial charge in [-0.2, -0.15) is 0 Å². The molecular formula is C57H102N2O6P+. The topological polar surface area (TPSA) is 105 Å². The second-order valence-electron chi connectivity index (χ2n) is 18.8. The summed E-state index contributed by atoms with van der Waals surface area (Å²) in [6.07, 6.45) is 67.9. The van der Waals surface area contributed by atoms with Gasteiger partial charge in [0, 0.05) is 6.42 Å². The van der Waals surface area contributed by atoms with Gasteiger partial charge in [-0.1, -0.05) is 207 Å². The average Bonchev–Trinajstić information content (AvgIpc) is 3.28.